The highest BCUT2D eigenvalue weighted by Crippen LogP contribution is 2.21. The Hall–Kier alpha value is -2.76. The van der Waals surface area contributed by atoms with Crippen LogP contribution < -0.4 is 11.0 Å². The zero-order valence-electron chi connectivity index (χ0n) is 13.0. The van der Waals surface area contributed by atoms with Gasteiger partial charge in [0.25, 0.3) is 0 Å². The Bertz CT molecular complexity index is 817. The molecule has 2 heterocycles. The van der Waals surface area contributed by atoms with Crippen molar-refractivity contribution in [2.24, 2.45) is 4.99 Å². The largest absolute Gasteiger partial charge is 0.372 e. The summed E-state index contributed by atoms with van der Waals surface area (Å²) in [4.78, 5) is 25.1. The molecule has 0 spiro atoms. The van der Waals surface area contributed by atoms with Crippen LogP contribution in [0.4, 0.5) is 5.82 Å². The van der Waals surface area contributed by atoms with Gasteiger partial charge in [-0.1, -0.05) is 13.5 Å². The van der Waals surface area contributed by atoms with Crippen molar-refractivity contribution in [3.8, 4) is 0 Å². The molecule has 6 nitrogen and oxygen atoms in total. The van der Waals surface area contributed by atoms with Gasteiger partial charge in [0.05, 0.1) is 17.3 Å². The number of allylic oxidation sites excluding steroid dienone is 2. The zero-order valence-corrected chi connectivity index (χ0v) is 13.0. The standard InChI is InChI=1S/C16H19N5O/c1-5-11-8-9-13-14(17-4)20-16(22)21(15(13)19-11)12(6-2)10-18-7-3/h6-10H,2,5H2,1,3-4H3,(H,17,20,22)/b12-10+,18-7?. The lowest BCUT2D eigenvalue weighted by atomic mass is 10.2. The second-order valence-electron chi connectivity index (χ2n) is 4.52. The minimum absolute atomic E-state index is 0.421. The third-order valence-corrected chi connectivity index (χ3v) is 3.22. The topological polar surface area (TPSA) is 72.2 Å². The Morgan fingerprint density at radius 2 is 2.23 bits per heavy atom. The van der Waals surface area contributed by atoms with Crippen LogP contribution in [0.3, 0.4) is 0 Å². The van der Waals surface area contributed by atoms with Crippen molar-refractivity contribution in [2.45, 2.75) is 20.3 Å². The van der Waals surface area contributed by atoms with Gasteiger partial charge in [0, 0.05) is 19.0 Å². The third kappa shape index (κ3) is 2.81. The fraction of sp³-hybridized carbons (Fsp3) is 0.250. The summed E-state index contributed by atoms with van der Waals surface area (Å²) in [6, 6.07) is 3.85. The van der Waals surface area contributed by atoms with Gasteiger partial charge < -0.3 is 5.32 Å². The van der Waals surface area contributed by atoms with E-state index in [-0.39, 0.29) is 0 Å². The highest BCUT2D eigenvalue weighted by Gasteiger charge is 2.13. The first kappa shape index (κ1) is 15.6. The summed E-state index contributed by atoms with van der Waals surface area (Å²) in [5, 5.41) is 3.71. The van der Waals surface area contributed by atoms with Gasteiger partial charge >= 0.3 is 5.69 Å². The van der Waals surface area contributed by atoms with Crippen LogP contribution in [0.15, 0.2) is 40.8 Å². The lowest BCUT2D eigenvalue weighted by Gasteiger charge is -2.12. The molecule has 2 rings (SSSR count). The predicted octanol–water partition coefficient (Wildman–Crippen LogP) is 2.47. The van der Waals surface area contributed by atoms with Crippen LogP contribution in [0.25, 0.3) is 16.7 Å². The lowest BCUT2D eigenvalue weighted by Crippen LogP contribution is -2.24. The zero-order chi connectivity index (χ0) is 16.1. The van der Waals surface area contributed by atoms with Crippen LogP contribution in [0, 0.1) is 0 Å². The molecule has 0 amide bonds. The van der Waals surface area contributed by atoms with E-state index in [4.69, 9.17) is 0 Å². The van der Waals surface area contributed by atoms with E-state index in [9.17, 15) is 4.79 Å². The first-order chi connectivity index (χ1) is 10.7. The van der Waals surface area contributed by atoms with E-state index in [2.05, 4.69) is 26.9 Å². The molecule has 0 radical (unpaired) electrons. The maximum Gasteiger partial charge on any atom is 0.355 e. The second-order valence-corrected chi connectivity index (χ2v) is 4.52. The molecule has 0 aromatic carbocycles. The van der Waals surface area contributed by atoms with Gasteiger partial charge in [-0.05, 0) is 31.6 Å². The van der Waals surface area contributed by atoms with Crippen molar-refractivity contribution >= 4 is 28.8 Å². The monoisotopic (exact) mass is 297 g/mol. The number of aryl methyl sites for hydroxylation is 1. The molecule has 6 heteroatoms. The molecule has 0 unspecified atom stereocenters. The van der Waals surface area contributed by atoms with Gasteiger partial charge in [-0.3, -0.25) is 4.99 Å². The molecule has 0 aliphatic heterocycles. The number of nitrogens with one attached hydrogen (secondary N) is 1. The summed E-state index contributed by atoms with van der Waals surface area (Å²) < 4.78 is 1.43. The summed E-state index contributed by atoms with van der Waals surface area (Å²) in [7, 11) is 1.73. The number of hydrogen-bond acceptors (Lipinski definition) is 5. The van der Waals surface area contributed by atoms with E-state index in [0.717, 1.165) is 17.5 Å². The highest BCUT2D eigenvalue weighted by atomic mass is 16.1. The van der Waals surface area contributed by atoms with Gasteiger partial charge in [0.2, 0.25) is 0 Å². The highest BCUT2D eigenvalue weighted by molar-refractivity contribution is 5.89. The maximum absolute atomic E-state index is 12.4. The van der Waals surface area contributed by atoms with E-state index in [0.29, 0.717) is 17.2 Å². The third-order valence-electron chi connectivity index (χ3n) is 3.22. The molecule has 2 aromatic rings. The molecule has 114 valence electrons. The average Bonchev–Trinajstić information content (AvgIpc) is 2.55. The van der Waals surface area contributed by atoms with Crippen molar-refractivity contribution in [2.75, 3.05) is 12.4 Å². The molecule has 2 aromatic heterocycles. The van der Waals surface area contributed by atoms with Gasteiger partial charge in [-0.25, -0.2) is 14.3 Å². The number of nitrogens with zero attached hydrogens (tertiary/aromatic N) is 4. The first-order valence-electron chi connectivity index (χ1n) is 7.07. The van der Waals surface area contributed by atoms with Crippen LogP contribution in [-0.4, -0.2) is 27.8 Å². The Kier molecular flexibility index (Phi) is 4.83. The number of hydrogen-bond donors (Lipinski definition) is 1. The van der Waals surface area contributed by atoms with E-state index in [1.165, 1.54) is 4.57 Å². The van der Waals surface area contributed by atoms with Gasteiger partial charge in [-0.2, -0.15) is 4.98 Å². The maximum atomic E-state index is 12.4. The molecule has 0 saturated carbocycles. The quantitative estimate of drug-likeness (QED) is 0.679. The average molecular weight is 297 g/mol. The first-order valence-corrected chi connectivity index (χ1v) is 7.07. The van der Waals surface area contributed by atoms with Gasteiger partial charge in [-0.15, -0.1) is 0 Å². The van der Waals surface area contributed by atoms with Crippen molar-refractivity contribution in [3.63, 3.8) is 0 Å². The van der Waals surface area contributed by atoms with E-state index < -0.39 is 5.69 Å². The van der Waals surface area contributed by atoms with Crippen molar-refractivity contribution in [3.05, 3.63) is 47.2 Å². The van der Waals surface area contributed by atoms with E-state index in [1.807, 2.05) is 19.1 Å². The number of aromatic nitrogens is 3. The SMILES string of the molecule is C=C/C(=C\N=CC)n1c(=O)nc(NC)c2ccc(CC)nc21. The summed E-state index contributed by atoms with van der Waals surface area (Å²) in [5.74, 6) is 0.508. The van der Waals surface area contributed by atoms with Crippen molar-refractivity contribution in [1.82, 2.24) is 14.5 Å². The number of pyridine rings is 1. The smallest absolute Gasteiger partial charge is 0.355 e. The molecule has 0 fully saturated rings. The molecule has 0 bridgehead atoms. The molecule has 0 saturated heterocycles. The van der Waals surface area contributed by atoms with E-state index in [1.54, 1.807) is 32.5 Å². The van der Waals surface area contributed by atoms with Gasteiger partial charge in [0.15, 0.2) is 5.65 Å². The van der Waals surface area contributed by atoms with Crippen LogP contribution in [-0.2, 0) is 6.42 Å². The van der Waals surface area contributed by atoms with Crippen LogP contribution >= 0.6 is 0 Å². The molecule has 0 aliphatic rings. The van der Waals surface area contributed by atoms with Crippen LogP contribution in [0.2, 0.25) is 0 Å². The molecule has 0 aliphatic carbocycles. The number of fused-ring (bicyclic) bond motifs is 1. The predicted molar refractivity (Wildman–Crippen MR) is 91.4 cm³/mol. The molecular weight excluding hydrogens is 278 g/mol. The fourth-order valence-corrected chi connectivity index (χ4v) is 2.11. The van der Waals surface area contributed by atoms with E-state index >= 15 is 0 Å². The summed E-state index contributed by atoms with van der Waals surface area (Å²) >= 11 is 0. The Morgan fingerprint density at radius 3 is 2.82 bits per heavy atom. The molecule has 1 N–H and O–H groups in total. The van der Waals surface area contributed by atoms with Crippen LogP contribution in [0.1, 0.15) is 19.5 Å². The second kappa shape index (κ2) is 6.80. The summed E-state index contributed by atoms with van der Waals surface area (Å²) in [6.07, 6.45) is 5.54. The number of rotatable bonds is 5. The Balaban J connectivity index is 2.90. The molecule has 0 atom stereocenters. The number of aliphatic imine (C=N–C) groups is 1. The molecular formula is C16H19N5O. The Morgan fingerprint density at radius 1 is 1.45 bits per heavy atom. The fourth-order valence-electron chi connectivity index (χ4n) is 2.11. The summed E-state index contributed by atoms with van der Waals surface area (Å²) in [5.41, 5.74) is 1.55. The molecule has 22 heavy (non-hydrogen) atoms. The minimum Gasteiger partial charge on any atom is -0.372 e. The normalized spacial score (nSPS) is 12.0. The van der Waals surface area contributed by atoms with Crippen molar-refractivity contribution in [1.29, 1.82) is 0 Å². The minimum atomic E-state index is -0.421. The Labute approximate surface area is 128 Å². The number of anilines is 1. The van der Waals surface area contributed by atoms with Crippen molar-refractivity contribution < 1.29 is 0 Å². The van der Waals surface area contributed by atoms with Crippen LogP contribution in [0.5, 0.6) is 0 Å². The lowest BCUT2D eigenvalue weighted by molar-refractivity contribution is 0.946. The summed E-state index contributed by atoms with van der Waals surface area (Å²) in [6.45, 7) is 7.57. The van der Waals surface area contributed by atoms with Gasteiger partial charge in [0.1, 0.15) is 5.82 Å².